The van der Waals surface area contributed by atoms with Gasteiger partial charge < -0.3 is 75.2 Å². The van der Waals surface area contributed by atoms with Crippen molar-refractivity contribution < 1.29 is 74.1 Å². The molecule has 0 saturated carbocycles. The zero-order chi connectivity index (χ0) is 29.2. The SMILES string of the molecule is CC(=O)N[C@@H]1[C@@H](O[C@@H]2O[C@@H](C)[C@@H](O)[C@@H](O)[C@@H]2O)[C@H](O[C@@H]2O[C@H](CO)[C@@H](O)[C@H](O)[C@H]2NC(C)=O)[C@@H](CO)O[C@H]1O. The van der Waals surface area contributed by atoms with Crippen molar-refractivity contribution in [2.24, 2.45) is 0 Å². The van der Waals surface area contributed by atoms with Crippen LogP contribution >= 0.6 is 0 Å². The van der Waals surface area contributed by atoms with E-state index >= 15 is 0 Å². The molecule has 226 valence electrons. The lowest BCUT2D eigenvalue weighted by Gasteiger charge is -2.50. The number of rotatable bonds is 8. The van der Waals surface area contributed by atoms with Crippen molar-refractivity contribution in [1.29, 1.82) is 0 Å². The standard InChI is InChI=1S/C22H38N2O15/c1-6-13(29)16(32)17(33)22(35-6)39-19-12(24-8(3)28)20(34)36-10(5-26)18(19)38-21-11(23-7(2)27)15(31)14(30)9(4-25)37-21/h6,9-22,25-26,29-34H,4-5H2,1-3H3,(H,23,27)(H,24,28)/t6-,9+,10+,11+,12+,13+,14+,15+,16+,17-,18+,19+,20+,21-,22-/m0/s1. The molecule has 39 heavy (non-hydrogen) atoms. The lowest BCUT2D eigenvalue weighted by atomic mass is 9.94. The molecule has 2 amide bonds. The van der Waals surface area contributed by atoms with Crippen LogP contribution in [0.3, 0.4) is 0 Å². The normalized spacial score (nSPS) is 46.9. The molecule has 0 aliphatic carbocycles. The minimum absolute atomic E-state index is 0.635. The van der Waals surface area contributed by atoms with Crippen LogP contribution in [0.25, 0.3) is 0 Å². The van der Waals surface area contributed by atoms with E-state index in [0.29, 0.717) is 0 Å². The summed E-state index contributed by atoms with van der Waals surface area (Å²) in [5, 5.41) is 86.7. The van der Waals surface area contributed by atoms with Crippen molar-refractivity contribution in [3.8, 4) is 0 Å². The third-order valence-electron chi connectivity index (χ3n) is 6.86. The molecule has 3 aliphatic rings. The largest absolute Gasteiger partial charge is 0.394 e. The summed E-state index contributed by atoms with van der Waals surface area (Å²) in [6, 6.07) is -2.82. The number of ether oxygens (including phenoxy) is 5. The minimum atomic E-state index is -1.80. The van der Waals surface area contributed by atoms with E-state index in [1.165, 1.54) is 6.92 Å². The molecule has 0 spiro atoms. The first kappa shape index (κ1) is 31.9. The smallest absolute Gasteiger partial charge is 0.217 e. The number of nitrogens with one attached hydrogen (secondary N) is 2. The fourth-order valence-electron chi connectivity index (χ4n) is 4.80. The number of aliphatic hydroxyl groups excluding tert-OH is 8. The van der Waals surface area contributed by atoms with Crippen LogP contribution in [-0.4, -0.2) is 158 Å². The Hall–Kier alpha value is -1.58. The van der Waals surface area contributed by atoms with Crippen molar-refractivity contribution in [1.82, 2.24) is 10.6 Å². The molecule has 3 aliphatic heterocycles. The maximum Gasteiger partial charge on any atom is 0.217 e. The molecule has 17 heteroatoms. The topological polar surface area (TPSA) is 266 Å². The second kappa shape index (κ2) is 13.4. The predicted octanol–water partition coefficient (Wildman–Crippen LogP) is -6.26. The Bertz CT molecular complexity index is 837. The zero-order valence-corrected chi connectivity index (χ0v) is 21.5. The highest BCUT2D eigenvalue weighted by molar-refractivity contribution is 5.73. The summed E-state index contributed by atoms with van der Waals surface area (Å²) < 4.78 is 28.4. The molecule has 0 unspecified atom stereocenters. The van der Waals surface area contributed by atoms with Gasteiger partial charge in [-0.15, -0.1) is 0 Å². The molecule has 10 N–H and O–H groups in total. The second-order valence-electron chi connectivity index (χ2n) is 9.79. The van der Waals surface area contributed by atoms with E-state index in [2.05, 4.69) is 10.6 Å². The Morgan fingerprint density at radius 2 is 1.23 bits per heavy atom. The summed E-state index contributed by atoms with van der Waals surface area (Å²) in [6.45, 7) is 2.13. The first-order valence-corrected chi connectivity index (χ1v) is 12.4. The number of hydrogen-bond donors (Lipinski definition) is 10. The molecule has 3 fully saturated rings. The Morgan fingerprint density at radius 3 is 1.79 bits per heavy atom. The van der Waals surface area contributed by atoms with Gasteiger partial charge in [0.2, 0.25) is 11.8 Å². The van der Waals surface area contributed by atoms with E-state index in [0.717, 1.165) is 13.8 Å². The molecule has 0 aromatic heterocycles. The van der Waals surface area contributed by atoms with E-state index in [9.17, 15) is 50.4 Å². The fourth-order valence-corrected chi connectivity index (χ4v) is 4.80. The van der Waals surface area contributed by atoms with Crippen LogP contribution in [0.15, 0.2) is 0 Å². The number of carbonyl (C=O) groups excluding carboxylic acids is 2. The first-order valence-electron chi connectivity index (χ1n) is 12.4. The molecule has 3 heterocycles. The highest BCUT2D eigenvalue weighted by Crippen LogP contribution is 2.33. The minimum Gasteiger partial charge on any atom is -0.394 e. The second-order valence-corrected chi connectivity index (χ2v) is 9.79. The summed E-state index contributed by atoms with van der Waals surface area (Å²) in [6.07, 6.45) is -20.0. The monoisotopic (exact) mass is 570 g/mol. The molecular formula is C22H38N2O15. The van der Waals surface area contributed by atoms with E-state index in [4.69, 9.17) is 23.7 Å². The van der Waals surface area contributed by atoms with Crippen molar-refractivity contribution in [2.75, 3.05) is 13.2 Å². The fraction of sp³-hybridized carbons (Fsp3) is 0.909. The maximum absolute atomic E-state index is 12.0. The van der Waals surface area contributed by atoms with E-state index in [1.807, 2.05) is 0 Å². The van der Waals surface area contributed by atoms with Crippen LogP contribution in [0.5, 0.6) is 0 Å². The van der Waals surface area contributed by atoms with E-state index in [-0.39, 0.29) is 0 Å². The van der Waals surface area contributed by atoms with Crippen LogP contribution in [0.4, 0.5) is 0 Å². The molecule has 0 aromatic rings. The van der Waals surface area contributed by atoms with E-state index < -0.39 is 117 Å². The Labute approximate surface area is 223 Å². The molecule has 15 atom stereocenters. The molecule has 17 nitrogen and oxygen atoms in total. The highest BCUT2D eigenvalue weighted by Gasteiger charge is 2.54. The average molecular weight is 571 g/mol. The van der Waals surface area contributed by atoms with Gasteiger partial charge in [0.05, 0.1) is 19.3 Å². The summed E-state index contributed by atoms with van der Waals surface area (Å²) in [4.78, 5) is 23.8. The van der Waals surface area contributed by atoms with Gasteiger partial charge in [-0.3, -0.25) is 9.59 Å². The van der Waals surface area contributed by atoms with Crippen molar-refractivity contribution in [3.63, 3.8) is 0 Å². The van der Waals surface area contributed by atoms with Gasteiger partial charge in [-0.2, -0.15) is 0 Å². The lowest BCUT2D eigenvalue weighted by Crippen LogP contribution is -2.70. The molecule has 0 radical (unpaired) electrons. The Balaban J connectivity index is 1.98. The highest BCUT2D eigenvalue weighted by atomic mass is 16.7. The first-order chi connectivity index (χ1) is 18.3. The molecule has 3 rings (SSSR count). The predicted molar refractivity (Wildman–Crippen MR) is 123 cm³/mol. The summed E-state index contributed by atoms with van der Waals surface area (Å²) in [7, 11) is 0. The number of carbonyl (C=O) groups is 2. The Morgan fingerprint density at radius 1 is 0.667 bits per heavy atom. The van der Waals surface area contributed by atoms with Gasteiger partial charge in [0.15, 0.2) is 18.9 Å². The van der Waals surface area contributed by atoms with Gasteiger partial charge in [-0.1, -0.05) is 0 Å². The quantitative estimate of drug-likeness (QED) is 0.130. The van der Waals surface area contributed by atoms with Crippen LogP contribution in [0.1, 0.15) is 20.8 Å². The van der Waals surface area contributed by atoms with Gasteiger partial charge in [-0.25, -0.2) is 0 Å². The van der Waals surface area contributed by atoms with Gasteiger partial charge >= 0.3 is 0 Å². The maximum atomic E-state index is 12.0. The van der Waals surface area contributed by atoms with Gasteiger partial charge in [-0.05, 0) is 6.92 Å². The lowest BCUT2D eigenvalue weighted by molar-refractivity contribution is -0.362. The summed E-state index contributed by atoms with van der Waals surface area (Å²) >= 11 is 0. The van der Waals surface area contributed by atoms with Crippen molar-refractivity contribution in [2.45, 2.75) is 113 Å². The molecule has 3 saturated heterocycles. The van der Waals surface area contributed by atoms with Gasteiger partial charge in [0, 0.05) is 13.8 Å². The average Bonchev–Trinajstić information content (AvgIpc) is 2.88. The van der Waals surface area contributed by atoms with Crippen LogP contribution in [0, 0.1) is 0 Å². The van der Waals surface area contributed by atoms with Gasteiger partial charge in [0.25, 0.3) is 0 Å². The molecule has 0 aromatic carbocycles. The molecular weight excluding hydrogens is 532 g/mol. The number of aliphatic hydroxyl groups is 8. The Kier molecular flexibility index (Phi) is 11.0. The van der Waals surface area contributed by atoms with Crippen LogP contribution in [0.2, 0.25) is 0 Å². The third-order valence-corrected chi connectivity index (χ3v) is 6.86. The zero-order valence-electron chi connectivity index (χ0n) is 21.5. The number of hydrogen-bond acceptors (Lipinski definition) is 15. The van der Waals surface area contributed by atoms with Crippen LogP contribution < -0.4 is 10.6 Å². The van der Waals surface area contributed by atoms with Crippen molar-refractivity contribution in [3.05, 3.63) is 0 Å². The van der Waals surface area contributed by atoms with E-state index in [1.54, 1.807) is 0 Å². The summed E-state index contributed by atoms with van der Waals surface area (Å²) in [5.74, 6) is -1.28. The van der Waals surface area contributed by atoms with Crippen LogP contribution in [-0.2, 0) is 33.3 Å². The van der Waals surface area contributed by atoms with Crippen molar-refractivity contribution >= 4 is 11.8 Å². The molecule has 0 bridgehead atoms. The number of amides is 2. The third kappa shape index (κ3) is 7.02. The summed E-state index contributed by atoms with van der Waals surface area (Å²) in [5.41, 5.74) is 0. The van der Waals surface area contributed by atoms with Gasteiger partial charge in [0.1, 0.15) is 67.0 Å².